The Labute approximate surface area is 147 Å². The summed E-state index contributed by atoms with van der Waals surface area (Å²) >= 11 is 11.8. The average Bonchev–Trinajstić information content (AvgIpc) is 2.45. The number of nitrogens with one attached hydrogen (secondary N) is 2. The first-order valence-corrected chi connectivity index (χ1v) is 9.87. The van der Waals surface area contributed by atoms with Gasteiger partial charge in [-0.3, -0.25) is 0 Å². The first-order valence-electron chi connectivity index (χ1n) is 7.46. The van der Waals surface area contributed by atoms with Crippen molar-refractivity contribution in [3.8, 4) is 0 Å². The summed E-state index contributed by atoms with van der Waals surface area (Å²) in [6.45, 7) is 2.66. The highest BCUT2D eigenvalue weighted by atomic mass is 35.5. The maximum atomic E-state index is 12.4. The number of benzene rings is 1. The number of halogens is 2. The van der Waals surface area contributed by atoms with Gasteiger partial charge in [-0.2, -0.15) is 0 Å². The zero-order chi connectivity index (χ0) is 16.9. The molecule has 2 rings (SSSR count). The highest BCUT2D eigenvalue weighted by Gasteiger charge is 2.33. The van der Waals surface area contributed by atoms with Crippen LogP contribution in [0, 0.1) is 5.41 Å². The fourth-order valence-corrected chi connectivity index (χ4v) is 4.67. The molecule has 0 atom stereocenters. The molecule has 1 fully saturated rings. The second kappa shape index (κ2) is 8.14. The summed E-state index contributed by atoms with van der Waals surface area (Å²) in [5.41, 5.74) is 0.417. The van der Waals surface area contributed by atoms with Gasteiger partial charge in [0.25, 0.3) is 0 Å². The van der Waals surface area contributed by atoms with Crippen molar-refractivity contribution >= 4 is 33.2 Å². The lowest BCUT2D eigenvalue weighted by Gasteiger charge is -2.37. The summed E-state index contributed by atoms with van der Waals surface area (Å²) in [6.07, 6.45) is 1.76. The van der Waals surface area contributed by atoms with Crippen molar-refractivity contribution in [1.29, 1.82) is 0 Å². The Hall–Kier alpha value is -0.370. The smallest absolute Gasteiger partial charge is 0.215 e. The molecule has 0 radical (unpaired) electrons. The van der Waals surface area contributed by atoms with Gasteiger partial charge >= 0.3 is 0 Å². The first-order chi connectivity index (χ1) is 10.8. The van der Waals surface area contributed by atoms with Gasteiger partial charge < -0.3 is 10.1 Å². The second-order valence-corrected chi connectivity index (χ2v) is 8.72. The SMILES string of the molecule is COCC1(CNS(=O)(=O)Cc2cc(Cl)cc(Cl)c2)CCNCC1. The van der Waals surface area contributed by atoms with Crippen LogP contribution in [0.2, 0.25) is 10.0 Å². The van der Waals surface area contributed by atoms with Crippen molar-refractivity contribution in [3.63, 3.8) is 0 Å². The number of methoxy groups -OCH3 is 1. The van der Waals surface area contributed by atoms with Crippen LogP contribution >= 0.6 is 23.2 Å². The topological polar surface area (TPSA) is 67.4 Å². The van der Waals surface area contributed by atoms with Gasteiger partial charge in [0, 0.05) is 29.1 Å². The van der Waals surface area contributed by atoms with Crippen molar-refractivity contribution in [3.05, 3.63) is 33.8 Å². The van der Waals surface area contributed by atoms with Gasteiger partial charge in [0.05, 0.1) is 12.4 Å². The van der Waals surface area contributed by atoms with Crippen molar-refractivity contribution in [2.75, 3.05) is 33.4 Å². The number of sulfonamides is 1. The Morgan fingerprint density at radius 3 is 2.39 bits per heavy atom. The van der Waals surface area contributed by atoms with Crippen LogP contribution in [-0.2, 0) is 20.5 Å². The molecule has 0 spiro atoms. The normalized spacial score (nSPS) is 18.0. The maximum Gasteiger partial charge on any atom is 0.215 e. The molecule has 2 N–H and O–H groups in total. The van der Waals surface area contributed by atoms with Crippen LogP contribution in [0.25, 0.3) is 0 Å². The van der Waals surface area contributed by atoms with Gasteiger partial charge in [-0.1, -0.05) is 23.2 Å². The minimum absolute atomic E-state index is 0.144. The Kier molecular flexibility index (Phi) is 6.71. The summed E-state index contributed by atoms with van der Waals surface area (Å²) < 4.78 is 32.7. The fourth-order valence-electron chi connectivity index (χ4n) is 2.86. The molecule has 5 nitrogen and oxygen atoms in total. The molecule has 1 saturated heterocycles. The fraction of sp³-hybridized carbons (Fsp3) is 0.600. The molecule has 23 heavy (non-hydrogen) atoms. The molecule has 130 valence electrons. The number of hydrogen-bond donors (Lipinski definition) is 2. The minimum atomic E-state index is -3.47. The van der Waals surface area contributed by atoms with Crippen LogP contribution in [0.1, 0.15) is 18.4 Å². The van der Waals surface area contributed by atoms with E-state index >= 15 is 0 Å². The maximum absolute atomic E-state index is 12.4. The summed E-state index contributed by atoms with van der Waals surface area (Å²) in [7, 11) is -1.82. The summed E-state index contributed by atoms with van der Waals surface area (Å²) in [5.74, 6) is -0.144. The van der Waals surface area contributed by atoms with E-state index in [4.69, 9.17) is 27.9 Å². The molecule has 0 unspecified atom stereocenters. The van der Waals surface area contributed by atoms with Crippen molar-refractivity contribution < 1.29 is 13.2 Å². The van der Waals surface area contributed by atoms with Crippen LogP contribution in [0.15, 0.2) is 18.2 Å². The minimum Gasteiger partial charge on any atom is -0.384 e. The van der Waals surface area contributed by atoms with Crippen LogP contribution in [0.4, 0.5) is 0 Å². The van der Waals surface area contributed by atoms with Crippen LogP contribution in [0.5, 0.6) is 0 Å². The Balaban J connectivity index is 2.02. The van der Waals surface area contributed by atoms with Gasteiger partial charge in [-0.25, -0.2) is 13.1 Å². The molecule has 0 bridgehead atoms. The first kappa shape index (κ1) is 19.0. The van der Waals surface area contributed by atoms with Gasteiger partial charge in [0.15, 0.2) is 0 Å². The predicted molar refractivity (Wildman–Crippen MR) is 93.5 cm³/mol. The monoisotopic (exact) mass is 380 g/mol. The molecule has 0 amide bonds. The molecule has 1 aliphatic rings. The second-order valence-electron chi connectivity index (χ2n) is 6.04. The third kappa shape index (κ3) is 5.89. The zero-order valence-corrected chi connectivity index (χ0v) is 15.4. The third-order valence-corrected chi connectivity index (χ3v) is 5.79. The molecule has 0 aliphatic carbocycles. The van der Waals surface area contributed by atoms with Crippen LogP contribution in [0.3, 0.4) is 0 Å². The van der Waals surface area contributed by atoms with Crippen molar-refractivity contribution in [1.82, 2.24) is 10.0 Å². The van der Waals surface area contributed by atoms with E-state index in [9.17, 15) is 8.42 Å². The van der Waals surface area contributed by atoms with Gasteiger partial charge in [0.2, 0.25) is 10.0 Å². The third-order valence-electron chi connectivity index (χ3n) is 4.06. The molecule has 0 saturated carbocycles. The van der Waals surface area contributed by atoms with E-state index < -0.39 is 10.0 Å². The van der Waals surface area contributed by atoms with E-state index in [1.807, 2.05) is 0 Å². The van der Waals surface area contributed by atoms with Crippen LogP contribution < -0.4 is 10.0 Å². The standard InChI is InChI=1S/C15H22Cl2N2O3S/c1-22-11-15(2-4-18-5-3-15)10-19-23(20,21)9-12-6-13(16)8-14(17)7-12/h6-8,18-19H,2-5,9-11H2,1H3. The summed E-state index contributed by atoms with van der Waals surface area (Å²) in [5, 5.41) is 4.14. The Morgan fingerprint density at radius 1 is 1.22 bits per heavy atom. The van der Waals surface area contributed by atoms with E-state index in [1.54, 1.807) is 25.3 Å². The molecular weight excluding hydrogens is 359 g/mol. The van der Waals surface area contributed by atoms with Crippen molar-refractivity contribution in [2.45, 2.75) is 18.6 Å². The molecule has 1 aliphatic heterocycles. The number of ether oxygens (including phenoxy) is 1. The van der Waals surface area contributed by atoms with E-state index in [2.05, 4.69) is 10.0 Å². The molecule has 8 heteroatoms. The van der Waals surface area contributed by atoms with Gasteiger partial charge in [0.1, 0.15) is 0 Å². The van der Waals surface area contributed by atoms with Gasteiger partial charge in [-0.05, 0) is 49.7 Å². The highest BCUT2D eigenvalue weighted by molar-refractivity contribution is 7.88. The Bertz CT molecular complexity index is 606. The largest absolute Gasteiger partial charge is 0.384 e. The molecule has 1 aromatic carbocycles. The van der Waals surface area contributed by atoms with Crippen LogP contribution in [-0.4, -0.2) is 41.8 Å². The lowest BCUT2D eigenvalue weighted by Crippen LogP contribution is -2.47. The number of rotatable bonds is 7. The Morgan fingerprint density at radius 2 is 1.83 bits per heavy atom. The van der Waals surface area contributed by atoms with Crippen molar-refractivity contribution in [2.24, 2.45) is 5.41 Å². The number of piperidine rings is 1. The molecule has 1 heterocycles. The van der Waals surface area contributed by atoms with E-state index in [0.717, 1.165) is 25.9 Å². The average molecular weight is 381 g/mol. The lowest BCUT2D eigenvalue weighted by atomic mass is 9.80. The zero-order valence-electron chi connectivity index (χ0n) is 13.1. The summed E-state index contributed by atoms with van der Waals surface area (Å²) in [6, 6.07) is 4.81. The van der Waals surface area contributed by atoms with Gasteiger partial charge in [-0.15, -0.1) is 0 Å². The molecule has 0 aromatic heterocycles. The van der Waals surface area contributed by atoms with E-state index in [0.29, 0.717) is 28.8 Å². The molecule has 1 aromatic rings. The van der Waals surface area contributed by atoms with E-state index in [1.165, 1.54) is 0 Å². The quantitative estimate of drug-likeness (QED) is 0.761. The number of hydrogen-bond acceptors (Lipinski definition) is 4. The lowest BCUT2D eigenvalue weighted by molar-refractivity contribution is 0.0577. The predicted octanol–water partition coefficient (Wildman–Crippen LogP) is 2.43. The highest BCUT2D eigenvalue weighted by Crippen LogP contribution is 2.28. The summed E-state index contributed by atoms with van der Waals surface area (Å²) in [4.78, 5) is 0. The molecular formula is C15H22Cl2N2O3S. The van der Waals surface area contributed by atoms with E-state index in [-0.39, 0.29) is 11.2 Å².